The van der Waals surface area contributed by atoms with Gasteiger partial charge in [0.15, 0.2) is 6.10 Å². The highest BCUT2D eigenvalue weighted by Crippen LogP contribution is 2.26. The maximum atomic E-state index is 12.7. The van der Waals surface area contributed by atoms with E-state index >= 15 is 0 Å². The summed E-state index contributed by atoms with van der Waals surface area (Å²) in [6.07, 6.45) is -3.14. The van der Waals surface area contributed by atoms with Gasteiger partial charge in [0.2, 0.25) is 6.10 Å². The van der Waals surface area contributed by atoms with Crippen molar-refractivity contribution < 1.29 is 33.8 Å². The standard InChI is InChI=1S/C16H16N2O7/c1-8(19)25-13(16(22)23)12-15(21)18(4-5-24-12)10-2-3-11-9(6-10)7-17-14(11)20/h2-3,6,12-13H,4-5,7H2,1H3,(H,17,20)(H,22,23)/t12-,13-/m1/s1. The van der Waals surface area contributed by atoms with E-state index < -0.39 is 30.1 Å². The Morgan fingerprint density at radius 1 is 1.40 bits per heavy atom. The smallest absolute Gasteiger partial charge is 0.348 e. The third kappa shape index (κ3) is 3.18. The van der Waals surface area contributed by atoms with Crippen LogP contribution >= 0.6 is 0 Å². The van der Waals surface area contributed by atoms with Crippen LogP contribution in [0.2, 0.25) is 0 Å². The number of aliphatic carboxylic acids is 1. The molecule has 2 aliphatic heterocycles. The predicted octanol–water partition coefficient (Wildman–Crippen LogP) is -0.322. The fraction of sp³-hybridized carbons (Fsp3) is 0.375. The second-order valence-corrected chi connectivity index (χ2v) is 5.67. The van der Waals surface area contributed by atoms with Crippen LogP contribution in [0.1, 0.15) is 22.8 Å². The third-order valence-electron chi connectivity index (χ3n) is 4.02. The van der Waals surface area contributed by atoms with E-state index in [1.54, 1.807) is 18.2 Å². The minimum atomic E-state index is -1.72. The van der Waals surface area contributed by atoms with Crippen LogP contribution in [0.5, 0.6) is 0 Å². The molecule has 0 spiro atoms. The summed E-state index contributed by atoms with van der Waals surface area (Å²) in [4.78, 5) is 48.1. The number of esters is 1. The van der Waals surface area contributed by atoms with Gasteiger partial charge in [0.25, 0.3) is 11.8 Å². The van der Waals surface area contributed by atoms with Gasteiger partial charge in [-0.25, -0.2) is 4.79 Å². The molecular formula is C16H16N2O7. The number of morpholine rings is 1. The zero-order chi connectivity index (χ0) is 18.1. The average Bonchev–Trinajstić information content (AvgIpc) is 2.93. The normalized spacial score (nSPS) is 20.7. The molecule has 9 heteroatoms. The van der Waals surface area contributed by atoms with Crippen LogP contribution in [0.15, 0.2) is 18.2 Å². The van der Waals surface area contributed by atoms with Crippen molar-refractivity contribution in [3.8, 4) is 0 Å². The van der Waals surface area contributed by atoms with Crippen LogP contribution in [0, 0.1) is 0 Å². The van der Waals surface area contributed by atoms with Gasteiger partial charge in [0, 0.05) is 31.3 Å². The largest absolute Gasteiger partial charge is 0.478 e. The van der Waals surface area contributed by atoms with Gasteiger partial charge in [0.1, 0.15) is 0 Å². The van der Waals surface area contributed by atoms with E-state index in [-0.39, 0.29) is 19.1 Å². The van der Waals surface area contributed by atoms with Gasteiger partial charge in [-0.2, -0.15) is 0 Å². The first kappa shape index (κ1) is 16.9. The van der Waals surface area contributed by atoms with E-state index in [1.165, 1.54) is 4.90 Å². The highest BCUT2D eigenvalue weighted by atomic mass is 16.6. The van der Waals surface area contributed by atoms with Crippen LogP contribution in [0.4, 0.5) is 5.69 Å². The highest BCUT2D eigenvalue weighted by molar-refractivity contribution is 6.02. The summed E-state index contributed by atoms with van der Waals surface area (Å²) in [7, 11) is 0. The Balaban J connectivity index is 1.86. The number of nitrogens with zero attached hydrogens (tertiary/aromatic N) is 1. The summed E-state index contributed by atoms with van der Waals surface area (Å²) in [5, 5.41) is 11.9. The first-order valence-corrected chi connectivity index (χ1v) is 7.62. The van der Waals surface area contributed by atoms with Crippen molar-refractivity contribution in [1.29, 1.82) is 0 Å². The molecule has 2 amide bonds. The molecule has 1 fully saturated rings. The number of amides is 2. The zero-order valence-electron chi connectivity index (χ0n) is 13.4. The molecule has 3 rings (SSSR count). The number of hydrogen-bond acceptors (Lipinski definition) is 6. The van der Waals surface area contributed by atoms with E-state index in [1.807, 2.05) is 0 Å². The summed E-state index contributed by atoms with van der Waals surface area (Å²) in [5.41, 5.74) is 1.83. The quantitative estimate of drug-likeness (QED) is 0.715. The number of rotatable bonds is 4. The molecule has 0 bridgehead atoms. The van der Waals surface area contributed by atoms with Crippen LogP contribution in [0.25, 0.3) is 0 Å². The average molecular weight is 348 g/mol. The number of carboxylic acids is 1. The molecule has 1 saturated heterocycles. The molecule has 2 heterocycles. The number of carboxylic acid groups (broad SMARTS) is 1. The molecule has 1 aromatic carbocycles. The van der Waals surface area contributed by atoms with Gasteiger partial charge < -0.3 is 24.8 Å². The lowest BCUT2D eigenvalue weighted by molar-refractivity contribution is -0.177. The Bertz CT molecular complexity index is 761. The third-order valence-corrected chi connectivity index (χ3v) is 4.02. The van der Waals surface area contributed by atoms with Crippen molar-refractivity contribution in [3.63, 3.8) is 0 Å². The molecule has 2 atom stereocenters. The van der Waals surface area contributed by atoms with E-state index in [0.29, 0.717) is 17.8 Å². The SMILES string of the molecule is CC(=O)O[C@@H](C(=O)O)[C@H]1OCCN(c2ccc3c(c2)CNC3=O)C1=O. The predicted molar refractivity (Wildman–Crippen MR) is 82.9 cm³/mol. The molecule has 2 N–H and O–H groups in total. The first-order chi connectivity index (χ1) is 11.9. The second kappa shape index (κ2) is 6.52. The summed E-state index contributed by atoms with van der Waals surface area (Å²) in [5.74, 6) is -3.06. The highest BCUT2D eigenvalue weighted by Gasteiger charge is 2.42. The van der Waals surface area contributed by atoms with Crippen molar-refractivity contribution in [3.05, 3.63) is 29.3 Å². The second-order valence-electron chi connectivity index (χ2n) is 5.67. The summed E-state index contributed by atoms with van der Waals surface area (Å²) >= 11 is 0. The maximum absolute atomic E-state index is 12.7. The fourth-order valence-corrected chi connectivity index (χ4v) is 2.89. The number of benzene rings is 1. The van der Waals surface area contributed by atoms with E-state index in [0.717, 1.165) is 12.5 Å². The van der Waals surface area contributed by atoms with Crippen LogP contribution in [0.3, 0.4) is 0 Å². The van der Waals surface area contributed by atoms with Gasteiger partial charge in [-0.3, -0.25) is 14.4 Å². The molecule has 0 radical (unpaired) electrons. The summed E-state index contributed by atoms with van der Waals surface area (Å²) in [6, 6.07) is 4.94. The van der Waals surface area contributed by atoms with Crippen LogP contribution in [-0.4, -0.2) is 54.2 Å². The maximum Gasteiger partial charge on any atom is 0.348 e. The minimum Gasteiger partial charge on any atom is -0.478 e. The number of ether oxygens (including phenoxy) is 2. The zero-order valence-corrected chi connectivity index (χ0v) is 13.4. The number of anilines is 1. The molecular weight excluding hydrogens is 332 g/mol. The number of carbonyl (C=O) groups is 4. The molecule has 25 heavy (non-hydrogen) atoms. The van der Waals surface area contributed by atoms with Crippen LogP contribution in [-0.2, 0) is 30.4 Å². The molecule has 0 saturated carbocycles. The van der Waals surface area contributed by atoms with E-state index in [2.05, 4.69) is 5.32 Å². The Morgan fingerprint density at radius 3 is 2.84 bits per heavy atom. The monoisotopic (exact) mass is 348 g/mol. The molecule has 1 aromatic rings. The molecule has 0 aromatic heterocycles. The Hall–Kier alpha value is -2.94. The number of carbonyl (C=O) groups excluding carboxylic acids is 3. The Kier molecular flexibility index (Phi) is 4.41. The topological polar surface area (TPSA) is 122 Å². The van der Waals surface area contributed by atoms with Crippen molar-refractivity contribution in [2.45, 2.75) is 25.7 Å². The van der Waals surface area contributed by atoms with Crippen LogP contribution < -0.4 is 10.2 Å². The molecule has 9 nitrogen and oxygen atoms in total. The van der Waals surface area contributed by atoms with Gasteiger partial charge in [-0.05, 0) is 23.8 Å². The lowest BCUT2D eigenvalue weighted by atomic mass is 10.1. The molecule has 0 unspecified atom stereocenters. The summed E-state index contributed by atoms with van der Waals surface area (Å²) in [6.45, 7) is 1.75. The summed E-state index contributed by atoms with van der Waals surface area (Å²) < 4.78 is 9.99. The number of nitrogens with one attached hydrogen (secondary N) is 1. The van der Waals surface area contributed by atoms with Crippen molar-refractivity contribution in [1.82, 2.24) is 5.32 Å². The van der Waals surface area contributed by atoms with Crippen molar-refractivity contribution in [2.24, 2.45) is 0 Å². The number of hydrogen-bond donors (Lipinski definition) is 2. The first-order valence-electron chi connectivity index (χ1n) is 7.62. The number of fused-ring (bicyclic) bond motifs is 1. The Labute approximate surface area is 142 Å². The lowest BCUT2D eigenvalue weighted by Gasteiger charge is -2.34. The lowest BCUT2D eigenvalue weighted by Crippen LogP contribution is -2.55. The van der Waals surface area contributed by atoms with Gasteiger partial charge >= 0.3 is 11.9 Å². The molecule has 132 valence electrons. The molecule has 2 aliphatic rings. The Morgan fingerprint density at radius 2 is 2.16 bits per heavy atom. The van der Waals surface area contributed by atoms with Gasteiger partial charge in [-0.1, -0.05) is 0 Å². The van der Waals surface area contributed by atoms with Gasteiger partial charge in [0.05, 0.1) is 6.61 Å². The minimum absolute atomic E-state index is 0.0930. The van der Waals surface area contributed by atoms with Crippen molar-refractivity contribution >= 4 is 29.4 Å². The van der Waals surface area contributed by atoms with Crippen molar-refractivity contribution in [2.75, 3.05) is 18.1 Å². The van der Waals surface area contributed by atoms with E-state index in [4.69, 9.17) is 9.47 Å². The molecule has 0 aliphatic carbocycles. The van der Waals surface area contributed by atoms with Gasteiger partial charge in [-0.15, -0.1) is 0 Å². The fourth-order valence-electron chi connectivity index (χ4n) is 2.89. The van der Waals surface area contributed by atoms with E-state index in [9.17, 15) is 24.3 Å².